The van der Waals surface area contributed by atoms with Crippen molar-refractivity contribution in [3.05, 3.63) is 6.33 Å². The minimum absolute atomic E-state index is 0.247. The molecule has 138 valence electrons. The van der Waals surface area contributed by atoms with Crippen LogP contribution in [0.5, 0.6) is 0 Å². The van der Waals surface area contributed by atoms with Gasteiger partial charge in [0.2, 0.25) is 0 Å². The molecule has 2 saturated heterocycles. The highest BCUT2D eigenvalue weighted by Crippen LogP contribution is 2.30. The molecule has 2 N–H and O–H groups in total. The number of anilines is 3. The zero-order chi connectivity index (χ0) is 17.6. The Hall–Kier alpha value is -2.25. The van der Waals surface area contributed by atoms with Gasteiger partial charge in [0.15, 0.2) is 11.6 Å². The Morgan fingerprint density at radius 3 is 2.12 bits per heavy atom. The van der Waals surface area contributed by atoms with E-state index < -0.39 is 0 Å². The molecule has 0 bridgehead atoms. The zero-order valence-electron chi connectivity index (χ0n) is 15.0. The number of piperazine rings is 1. The number of carbonyl (C=O) groups is 1. The fraction of sp³-hybridized carbons (Fsp3) is 0.706. The minimum Gasteiger partial charge on any atom is -0.450 e. The summed E-state index contributed by atoms with van der Waals surface area (Å²) in [5, 5.41) is 0. The maximum Gasteiger partial charge on any atom is 0.409 e. The highest BCUT2D eigenvalue weighted by Gasteiger charge is 2.25. The van der Waals surface area contributed by atoms with Crippen LogP contribution in [-0.2, 0) is 4.74 Å². The lowest BCUT2D eigenvalue weighted by Gasteiger charge is -2.35. The third kappa shape index (κ3) is 4.05. The first kappa shape index (κ1) is 17.6. The number of hydrogen-bond donors (Lipinski definition) is 1. The van der Waals surface area contributed by atoms with Crippen molar-refractivity contribution in [1.82, 2.24) is 14.9 Å². The SMILES string of the molecule is CCOC(=O)N1CCN(c2ncnc(N3CCCCCC3)c2N)CC1. The summed E-state index contributed by atoms with van der Waals surface area (Å²) in [7, 11) is 0. The number of nitrogen functional groups attached to an aromatic ring is 1. The van der Waals surface area contributed by atoms with Crippen LogP contribution in [0, 0.1) is 0 Å². The molecule has 2 fully saturated rings. The minimum atomic E-state index is -0.247. The summed E-state index contributed by atoms with van der Waals surface area (Å²) < 4.78 is 5.07. The van der Waals surface area contributed by atoms with Crippen LogP contribution in [0.1, 0.15) is 32.6 Å². The summed E-state index contributed by atoms with van der Waals surface area (Å²) in [4.78, 5) is 26.8. The van der Waals surface area contributed by atoms with Crippen molar-refractivity contribution < 1.29 is 9.53 Å². The van der Waals surface area contributed by atoms with Crippen molar-refractivity contribution in [2.75, 3.05) is 61.4 Å². The standard InChI is InChI=1S/C17H28N6O2/c1-2-25-17(24)23-11-9-22(10-12-23)16-14(18)15(19-13-20-16)21-7-5-3-4-6-8-21/h13H,2-12,18H2,1H3. The fourth-order valence-corrected chi connectivity index (χ4v) is 3.48. The van der Waals surface area contributed by atoms with E-state index in [0.29, 0.717) is 38.5 Å². The van der Waals surface area contributed by atoms with Gasteiger partial charge in [0, 0.05) is 39.3 Å². The Kier molecular flexibility index (Phi) is 5.78. The summed E-state index contributed by atoms with van der Waals surface area (Å²) in [6.45, 7) is 6.83. The number of nitrogens with zero attached hydrogens (tertiary/aromatic N) is 5. The molecule has 0 aromatic carbocycles. The van der Waals surface area contributed by atoms with Crippen molar-refractivity contribution in [1.29, 1.82) is 0 Å². The van der Waals surface area contributed by atoms with Gasteiger partial charge in [-0.3, -0.25) is 0 Å². The second kappa shape index (κ2) is 8.22. The van der Waals surface area contributed by atoms with Crippen LogP contribution in [0.25, 0.3) is 0 Å². The van der Waals surface area contributed by atoms with Crippen molar-refractivity contribution >= 4 is 23.4 Å². The summed E-state index contributed by atoms with van der Waals surface area (Å²) in [6, 6.07) is 0. The average Bonchev–Trinajstić information content (AvgIpc) is 2.92. The monoisotopic (exact) mass is 348 g/mol. The van der Waals surface area contributed by atoms with E-state index in [-0.39, 0.29) is 6.09 Å². The van der Waals surface area contributed by atoms with Crippen LogP contribution in [0.4, 0.5) is 22.1 Å². The lowest BCUT2D eigenvalue weighted by atomic mass is 10.2. The van der Waals surface area contributed by atoms with Gasteiger partial charge in [0.1, 0.15) is 12.0 Å². The van der Waals surface area contributed by atoms with E-state index in [2.05, 4.69) is 19.8 Å². The van der Waals surface area contributed by atoms with Gasteiger partial charge in [-0.05, 0) is 19.8 Å². The normalized spacial score (nSPS) is 18.8. The van der Waals surface area contributed by atoms with Gasteiger partial charge in [-0.25, -0.2) is 14.8 Å². The first-order chi connectivity index (χ1) is 12.2. The Morgan fingerprint density at radius 1 is 1.00 bits per heavy atom. The molecule has 2 aliphatic rings. The summed E-state index contributed by atoms with van der Waals surface area (Å²) in [5.41, 5.74) is 7.07. The molecule has 1 aromatic rings. The smallest absolute Gasteiger partial charge is 0.409 e. The lowest BCUT2D eigenvalue weighted by Crippen LogP contribution is -2.49. The second-order valence-corrected chi connectivity index (χ2v) is 6.51. The molecule has 0 atom stereocenters. The molecule has 1 amide bonds. The Bertz CT molecular complexity index is 581. The van der Waals surface area contributed by atoms with E-state index >= 15 is 0 Å². The topological polar surface area (TPSA) is 87.8 Å². The molecule has 3 rings (SSSR count). The van der Waals surface area contributed by atoms with Gasteiger partial charge in [-0.1, -0.05) is 12.8 Å². The Balaban J connectivity index is 1.69. The fourth-order valence-electron chi connectivity index (χ4n) is 3.48. The summed E-state index contributed by atoms with van der Waals surface area (Å²) >= 11 is 0. The van der Waals surface area contributed by atoms with Crippen LogP contribution < -0.4 is 15.5 Å². The second-order valence-electron chi connectivity index (χ2n) is 6.51. The molecule has 2 aliphatic heterocycles. The number of amides is 1. The Labute approximate surface area is 148 Å². The van der Waals surface area contributed by atoms with Gasteiger partial charge in [-0.15, -0.1) is 0 Å². The van der Waals surface area contributed by atoms with E-state index in [9.17, 15) is 4.79 Å². The molecular formula is C17H28N6O2. The predicted molar refractivity (Wildman–Crippen MR) is 97.9 cm³/mol. The molecule has 0 unspecified atom stereocenters. The van der Waals surface area contributed by atoms with Gasteiger partial charge in [0.05, 0.1) is 6.61 Å². The van der Waals surface area contributed by atoms with Crippen molar-refractivity contribution in [2.24, 2.45) is 0 Å². The van der Waals surface area contributed by atoms with Crippen LogP contribution in [0.3, 0.4) is 0 Å². The largest absolute Gasteiger partial charge is 0.450 e. The van der Waals surface area contributed by atoms with Crippen LogP contribution in [0.15, 0.2) is 6.33 Å². The molecule has 25 heavy (non-hydrogen) atoms. The zero-order valence-corrected chi connectivity index (χ0v) is 15.0. The maximum absolute atomic E-state index is 11.8. The molecule has 0 saturated carbocycles. The molecule has 0 aliphatic carbocycles. The summed E-state index contributed by atoms with van der Waals surface area (Å²) in [5.74, 6) is 1.62. The van der Waals surface area contributed by atoms with Gasteiger partial charge in [0.25, 0.3) is 0 Å². The van der Waals surface area contributed by atoms with Gasteiger partial charge in [-0.2, -0.15) is 0 Å². The highest BCUT2D eigenvalue weighted by atomic mass is 16.6. The van der Waals surface area contributed by atoms with Crippen molar-refractivity contribution in [3.63, 3.8) is 0 Å². The maximum atomic E-state index is 11.8. The summed E-state index contributed by atoms with van der Waals surface area (Å²) in [6.07, 6.45) is 6.24. The van der Waals surface area contributed by atoms with Crippen molar-refractivity contribution in [2.45, 2.75) is 32.6 Å². The number of aromatic nitrogens is 2. The first-order valence-corrected chi connectivity index (χ1v) is 9.22. The third-order valence-electron chi connectivity index (χ3n) is 4.85. The molecule has 8 heteroatoms. The number of hydrogen-bond acceptors (Lipinski definition) is 7. The van der Waals surface area contributed by atoms with Crippen LogP contribution >= 0.6 is 0 Å². The number of ether oxygens (including phenoxy) is 1. The van der Waals surface area contributed by atoms with E-state index in [0.717, 1.165) is 24.7 Å². The molecule has 1 aromatic heterocycles. The molecule has 0 radical (unpaired) electrons. The van der Waals surface area contributed by atoms with Crippen molar-refractivity contribution in [3.8, 4) is 0 Å². The number of carbonyl (C=O) groups excluding carboxylic acids is 1. The van der Waals surface area contributed by atoms with Gasteiger partial charge >= 0.3 is 6.09 Å². The Morgan fingerprint density at radius 2 is 1.56 bits per heavy atom. The van der Waals surface area contributed by atoms with E-state index in [4.69, 9.17) is 10.5 Å². The molecule has 0 spiro atoms. The molecule has 3 heterocycles. The third-order valence-corrected chi connectivity index (χ3v) is 4.85. The predicted octanol–water partition coefficient (Wildman–Crippen LogP) is 1.72. The number of rotatable bonds is 3. The first-order valence-electron chi connectivity index (χ1n) is 9.22. The average molecular weight is 348 g/mol. The van der Waals surface area contributed by atoms with E-state index in [1.54, 1.807) is 11.2 Å². The lowest BCUT2D eigenvalue weighted by molar-refractivity contribution is 0.105. The van der Waals surface area contributed by atoms with Crippen LogP contribution in [0.2, 0.25) is 0 Å². The molecular weight excluding hydrogens is 320 g/mol. The van der Waals surface area contributed by atoms with E-state index in [1.165, 1.54) is 25.7 Å². The van der Waals surface area contributed by atoms with E-state index in [1.807, 2.05) is 6.92 Å². The van der Waals surface area contributed by atoms with Crippen LogP contribution in [-0.4, -0.2) is 66.8 Å². The molecule has 8 nitrogen and oxygen atoms in total. The number of nitrogens with two attached hydrogens (primary N) is 1. The quantitative estimate of drug-likeness (QED) is 0.890. The highest BCUT2D eigenvalue weighted by molar-refractivity contribution is 5.76. The van der Waals surface area contributed by atoms with Gasteiger partial charge < -0.3 is 25.2 Å².